The van der Waals surface area contributed by atoms with Crippen LogP contribution in [-0.4, -0.2) is 5.78 Å². The van der Waals surface area contributed by atoms with E-state index in [1.807, 2.05) is 12.1 Å². The molecule has 1 heteroatoms. The average Bonchev–Trinajstić information content (AvgIpc) is 3.18. The molecule has 1 fully saturated rings. The van der Waals surface area contributed by atoms with Crippen LogP contribution in [0.2, 0.25) is 0 Å². The first-order valence-corrected chi connectivity index (χ1v) is 8.57. The quantitative estimate of drug-likeness (QED) is 0.542. The highest BCUT2D eigenvalue weighted by molar-refractivity contribution is 5.96. The minimum absolute atomic E-state index is 0.298. The second kappa shape index (κ2) is 5.81. The topological polar surface area (TPSA) is 17.1 Å². The van der Waals surface area contributed by atoms with Gasteiger partial charge >= 0.3 is 0 Å². The summed E-state index contributed by atoms with van der Waals surface area (Å²) in [7, 11) is 0. The molecule has 0 heterocycles. The summed E-state index contributed by atoms with van der Waals surface area (Å²) in [5, 5.41) is 0. The first-order chi connectivity index (χ1) is 11.2. The van der Waals surface area contributed by atoms with Crippen molar-refractivity contribution in [3.05, 3.63) is 71.8 Å². The number of carbonyl (C=O) groups excluding carboxylic acids is 1. The number of benzene rings is 2. The number of hydrogen-bond acceptors (Lipinski definition) is 1. The Morgan fingerprint density at radius 2 is 1.57 bits per heavy atom. The van der Waals surface area contributed by atoms with Crippen molar-refractivity contribution in [3.63, 3.8) is 0 Å². The summed E-state index contributed by atoms with van der Waals surface area (Å²) >= 11 is 0. The molecule has 4 rings (SSSR count). The van der Waals surface area contributed by atoms with E-state index in [-0.39, 0.29) is 0 Å². The Hall–Kier alpha value is -2.15. The van der Waals surface area contributed by atoms with Gasteiger partial charge in [-0.1, -0.05) is 66.2 Å². The number of rotatable bonds is 4. The minimum Gasteiger partial charge on any atom is -0.294 e. The predicted octanol–water partition coefficient (Wildman–Crippen LogP) is 5.45. The van der Waals surface area contributed by atoms with Crippen molar-refractivity contribution in [1.29, 1.82) is 0 Å². The highest BCUT2D eigenvalue weighted by atomic mass is 16.1. The lowest BCUT2D eigenvalue weighted by Crippen LogP contribution is -2.13. The number of ketones is 1. The summed E-state index contributed by atoms with van der Waals surface area (Å²) in [4.78, 5) is 12.5. The first-order valence-electron chi connectivity index (χ1n) is 8.57. The van der Waals surface area contributed by atoms with Crippen LogP contribution >= 0.6 is 0 Å². The molecule has 0 N–H and O–H groups in total. The average molecular weight is 302 g/mol. The van der Waals surface area contributed by atoms with E-state index in [0.717, 1.165) is 11.5 Å². The molecule has 0 amide bonds. The molecule has 0 aliphatic heterocycles. The van der Waals surface area contributed by atoms with Crippen LogP contribution in [0.4, 0.5) is 0 Å². The molecule has 3 atom stereocenters. The van der Waals surface area contributed by atoms with Gasteiger partial charge in [-0.05, 0) is 48.6 Å². The fourth-order valence-electron chi connectivity index (χ4n) is 4.08. The normalized spacial score (nSPS) is 25.0. The number of allylic oxidation sites excluding steroid dienone is 2. The van der Waals surface area contributed by atoms with Crippen LogP contribution in [0.3, 0.4) is 0 Å². The summed E-state index contributed by atoms with van der Waals surface area (Å²) in [6, 6.07) is 16.6. The fraction of sp³-hybridized carbons (Fsp3) is 0.318. The SMILES string of the molecule is Cc1ccc(-c2ccc(C(=O)CC3CC4C=CC3C4)cc2)cc1. The summed E-state index contributed by atoms with van der Waals surface area (Å²) < 4.78 is 0. The van der Waals surface area contributed by atoms with Crippen LogP contribution in [0.15, 0.2) is 60.7 Å². The highest BCUT2D eigenvalue weighted by Crippen LogP contribution is 2.45. The molecule has 2 aromatic carbocycles. The maximum absolute atomic E-state index is 12.5. The lowest BCUT2D eigenvalue weighted by molar-refractivity contribution is 0.0954. The van der Waals surface area contributed by atoms with E-state index in [1.54, 1.807) is 0 Å². The molecule has 2 aliphatic rings. The van der Waals surface area contributed by atoms with Crippen molar-refractivity contribution >= 4 is 5.78 Å². The predicted molar refractivity (Wildman–Crippen MR) is 94.4 cm³/mol. The maximum atomic E-state index is 12.5. The van der Waals surface area contributed by atoms with E-state index in [4.69, 9.17) is 0 Å². The van der Waals surface area contributed by atoms with Gasteiger partial charge in [0.05, 0.1) is 0 Å². The Labute approximate surface area is 138 Å². The molecular formula is C22H22O. The van der Waals surface area contributed by atoms with E-state index < -0.39 is 0 Å². The zero-order valence-corrected chi connectivity index (χ0v) is 13.5. The number of carbonyl (C=O) groups is 1. The third kappa shape index (κ3) is 2.88. The molecular weight excluding hydrogens is 280 g/mol. The van der Waals surface area contributed by atoms with Gasteiger partial charge in [0.1, 0.15) is 0 Å². The van der Waals surface area contributed by atoms with Gasteiger partial charge in [0.25, 0.3) is 0 Å². The number of aryl methyl sites for hydroxylation is 1. The van der Waals surface area contributed by atoms with Crippen molar-refractivity contribution in [2.45, 2.75) is 26.2 Å². The Morgan fingerprint density at radius 3 is 2.13 bits per heavy atom. The molecule has 23 heavy (non-hydrogen) atoms. The Morgan fingerprint density at radius 1 is 0.913 bits per heavy atom. The molecule has 0 aromatic heterocycles. The van der Waals surface area contributed by atoms with Crippen molar-refractivity contribution in [1.82, 2.24) is 0 Å². The molecule has 1 nitrogen and oxygen atoms in total. The number of fused-ring (bicyclic) bond motifs is 2. The van der Waals surface area contributed by atoms with Crippen LogP contribution in [-0.2, 0) is 0 Å². The Balaban J connectivity index is 1.46. The third-order valence-corrected chi connectivity index (χ3v) is 5.46. The molecule has 1 saturated carbocycles. The maximum Gasteiger partial charge on any atom is 0.163 e. The van der Waals surface area contributed by atoms with E-state index in [0.29, 0.717) is 24.0 Å². The highest BCUT2D eigenvalue weighted by Gasteiger charge is 2.36. The van der Waals surface area contributed by atoms with E-state index in [1.165, 1.54) is 29.5 Å². The zero-order chi connectivity index (χ0) is 15.8. The Kier molecular flexibility index (Phi) is 3.65. The van der Waals surface area contributed by atoms with E-state index in [2.05, 4.69) is 55.5 Å². The number of Topliss-reactive ketones (excluding diaryl/α,β-unsaturated/α-hetero) is 1. The van der Waals surface area contributed by atoms with Crippen LogP contribution in [0, 0.1) is 24.7 Å². The van der Waals surface area contributed by atoms with E-state index in [9.17, 15) is 4.79 Å². The van der Waals surface area contributed by atoms with Gasteiger partial charge in [-0.3, -0.25) is 4.79 Å². The molecule has 0 saturated heterocycles. The van der Waals surface area contributed by atoms with Gasteiger partial charge in [0, 0.05) is 12.0 Å². The van der Waals surface area contributed by atoms with Gasteiger partial charge in [-0.15, -0.1) is 0 Å². The van der Waals surface area contributed by atoms with Gasteiger partial charge in [-0.25, -0.2) is 0 Å². The van der Waals surface area contributed by atoms with Gasteiger partial charge < -0.3 is 0 Å². The van der Waals surface area contributed by atoms with Crippen LogP contribution in [0.1, 0.15) is 35.2 Å². The van der Waals surface area contributed by atoms with Crippen molar-refractivity contribution in [2.24, 2.45) is 17.8 Å². The van der Waals surface area contributed by atoms with Crippen LogP contribution in [0.25, 0.3) is 11.1 Å². The molecule has 3 unspecified atom stereocenters. The second-order valence-electron chi connectivity index (χ2n) is 7.11. The van der Waals surface area contributed by atoms with Crippen molar-refractivity contribution in [3.8, 4) is 11.1 Å². The molecule has 2 aromatic rings. The van der Waals surface area contributed by atoms with Gasteiger partial charge in [0.15, 0.2) is 5.78 Å². The largest absolute Gasteiger partial charge is 0.294 e. The first kappa shape index (κ1) is 14.4. The van der Waals surface area contributed by atoms with E-state index >= 15 is 0 Å². The van der Waals surface area contributed by atoms with Crippen LogP contribution < -0.4 is 0 Å². The monoisotopic (exact) mass is 302 g/mol. The smallest absolute Gasteiger partial charge is 0.163 e. The van der Waals surface area contributed by atoms with Crippen LogP contribution in [0.5, 0.6) is 0 Å². The van der Waals surface area contributed by atoms with Gasteiger partial charge in [0.2, 0.25) is 0 Å². The summed E-state index contributed by atoms with van der Waals surface area (Å²) in [5.74, 6) is 2.25. The molecule has 2 bridgehead atoms. The van der Waals surface area contributed by atoms with Crippen molar-refractivity contribution in [2.75, 3.05) is 0 Å². The number of hydrogen-bond donors (Lipinski definition) is 0. The summed E-state index contributed by atoms with van der Waals surface area (Å²) in [5.41, 5.74) is 4.49. The van der Waals surface area contributed by atoms with Crippen molar-refractivity contribution < 1.29 is 4.79 Å². The molecule has 2 aliphatic carbocycles. The molecule has 0 spiro atoms. The summed E-state index contributed by atoms with van der Waals surface area (Å²) in [6.45, 7) is 2.09. The molecule has 0 radical (unpaired) electrons. The zero-order valence-electron chi connectivity index (χ0n) is 13.5. The lowest BCUT2D eigenvalue weighted by Gasteiger charge is -2.17. The standard InChI is InChI=1S/C22H22O/c1-15-2-5-17(6-3-15)18-8-10-19(11-9-18)22(23)14-21-13-16-4-7-20(21)12-16/h2-11,16,20-21H,12-14H2,1H3. The molecule has 116 valence electrons. The van der Waals surface area contributed by atoms with Gasteiger partial charge in [-0.2, -0.15) is 0 Å². The lowest BCUT2D eigenvalue weighted by atomic mass is 9.87. The third-order valence-electron chi connectivity index (χ3n) is 5.46. The second-order valence-corrected chi connectivity index (χ2v) is 7.11. The minimum atomic E-state index is 0.298. The fourth-order valence-corrected chi connectivity index (χ4v) is 4.08. The summed E-state index contributed by atoms with van der Waals surface area (Å²) in [6.07, 6.45) is 7.84. The Bertz CT molecular complexity index is 737.